The van der Waals surface area contributed by atoms with Gasteiger partial charge in [0.1, 0.15) is 0 Å². The summed E-state index contributed by atoms with van der Waals surface area (Å²) in [7, 11) is 0. The summed E-state index contributed by atoms with van der Waals surface area (Å²) in [5, 5.41) is 13.0. The fourth-order valence-corrected chi connectivity index (χ4v) is 1.70. The number of nitrogens with one attached hydrogen (secondary N) is 2. The SMILES string of the molecule is CSCCCCCNC(=O)NC(=O)CCC(=O)O. The van der Waals surface area contributed by atoms with Gasteiger partial charge in [-0.1, -0.05) is 6.42 Å². The average molecular weight is 276 g/mol. The van der Waals surface area contributed by atoms with Gasteiger partial charge in [-0.25, -0.2) is 4.79 Å². The summed E-state index contributed by atoms with van der Waals surface area (Å²) in [5.74, 6) is -0.517. The fourth-order valence-electron chi connectivity index (χ4n) is 1.20. The minimum absolute atomic E-state index is 0.184. The third-order valence-corrected chi connectivity index (χ3v) is 2.83. The molecule has 0 aromatic carbocycles. The zero-order chi connectivity index (χ0) is 13.8. The summed E-state index contributed by atoms with van der Waals surface area (Å²) in [6.07, 6.45) is 4.62. The van der Waals surface area contributed by atoms with Crippen LogP contribution in [-0.4, -0.2) is 41.6 Å². The molecule has 0 fully saturated rings. The maximum absolute atomic E-state index is 11.2. The predicted molar refractivity (Wildman–Crippen MR) is 70.6 cm³/mol. The molecule has 0 aromatic heterocycles. The normalized spacial score (nSPS) is 9.83. The zero-order valence-corrected chi connectivity index (χ0v) is 11.3. The van der Waals surface area contributed by atoms with Crippen LogP contribution in [0.2, 0.25) is 0 Å². The lowest BCUT2D eigenvalue weighted by Gasteiger charge is -2.05. The summed E-state index contributed by atoms with van der Waals surface area (Å²) < 4.78 is 0. The molecule has 0 radical (unpaired) electrons. The summed E-state index contributed by atoms with van der Waals surface area (Å²) in [6, 6.07) is -0.560. The van der Waals surface area contributed by atoms with Gasteiger partial charge in [0.25, 0.3) is 0 Å². The first-order valence-electron chi connectivity index (χ1n) is 5.84. The van der Waals surface area contributed by atoms with Gasteiger partial charge < -0.3 is 10.4 Å². The molecule has 0 unspecified atom stereocenters. The highest BCUT2D eigenvalue weighted by Crippen LogP contribution is 2.01. The average Bonchev–Trinajstić information content (AvgIpc) is 2.31. The molecular formula is C11H20N2O4S. The molecule has 3 amide bonds. The number of amides is 3. The van der Waals surface area contributed by atoms with E-state index in [0.29, 0.717) is 6.54 Å². The van der Waals surface area contributed by atoms with Crippen molar-refractivity contribution in [3.63, 3.8) is 0 Å². The lowest BCUT2D eigenvalue weighted by molar-refractivity contribution is -0.138. The molecule has 0 saturated heterocycles. The maximum atomic E-state index is 11.2. The topological polar surface area (TPSA) is 95.5 Å². The minimum atomic E-state index is -1.06. The molecule has 7 heteroatoms. The zero-order valence-electron chi connectivity index (χ0n) is 10.5. The molecule has 0 spiro atoms. The molecule has 3 N–H and O–H groups in total. The number of aliphatic carboxylic acids is 1. The van der Waals surface area contributed by atoms with E-state index < -0.39 is 17.9 Å². The number of hydrogen-bond acceptors (Lipinski definition) is 4. The first-order valence-corrected chi connectivity index (χ1v) is 7.24. The van der Waals surface area contributed by atoms with Gasteiger partial charge in [0.2, 0.25) is 5.91 Å². The largest absolute Gasteiger partial charge is 0.481 e. The number of urea groups is 1. The van der Waals surface area contributed by atoms with Gasteiger partial charge in [-0.2, -0.15) is 11.8 Å². The van der Waals surface area contributed by atoms with Crippen LogP contribution in [0.25, 0.3) is 0 Å². The van der Waals surface area contributed by atoms with Crippen LogP contribution >= 0.6 is 11.8 Å². The van der Waals surface area contributed by atoms with Crippen LogP contribution in [0.15, 0.2) is 0 Å². The van der Waals surface area contributed by atoms with Crippen molar-refractivity contribution in [1.29, 1.82) is 0 Å². The lowest BCUT2D eigenvalue weighted by Crippen LogP contribution is -2.39. The number of carboxylic acids is 1. The van der Waals surface area contributed by atoms with Crippen LogP contribution in [0.5, 0.6) is 0 Å². The van der Waals surface area contributed by atoms with Crippen molar-refractivity contribution in [2.75, 3.05) is 18.6 Å². The number of thioether (sulfide) groups is 1. The Bertz CT molecular complexity index is 284. The molecule has 0 aliphatic carbocycles. The Balaban J connectivity index is 3.47. The predicted octanol–water partition coefficient (Wildman–Crippen LogP) is 1.21. The second-order valence-corrected chi connectivity index (χ2v) is 4.74. The Hall–Kier alpha value is -1.24. The number of imide groups is 1. The highest BCUT2D eigenvalue weighted by Gasteiger charge is 2.08. The molecule has 0 aliphatic heterocycles. The quantitative estimate of drug-likeness (QED) is 0.550. The van der Waals surface area contributed by atoms with Crippen LogP contribution < -0.4 is 10.6 Å². The smallest absolute Gasteiger partial charge is 0.321 e. The summed E-state index contributed by atoms with van der Waals surface area (Å²) >= 11 is 1.79. The van der Waals surface area contributed by atoms with Crippen molar-refractivity contribution < 1.29 is 19.5 Å². The monoisotopic (exact) mass is 276 g/mol. The van der Waals surface area contributed by atoms with Gasteiger partial charge in [-0.3, -0.25) is 14.9 Å². The molecule has 104 valence electrons. The van der Waals surface area contributed by atoms with Gasteiger partial charge in [-0.15, -0.1) is 0 Å². The van der Waals surface area contributed by atoms with Gasteiger partial charge in [0.05, 0.1) is 6.42 Å². The molecule has 0 atom stereocenters. The highest BCUT2D eigenvalue weighted by atomic mass is 32.2. The number of carbonyl (C=O) groups excluding carboxylic acids is 2. The lowest BCUT2D eigenvalue weighted by atomic mass is 10.2. The van der Waals surface area contributed by atoms with Gasteiger partial charge in [0, 0.05) is 13.0 Å². The third-order valence-electron chi connectivity index (χ3n) is 2.13. The molecule has 0 saturated carbocycles. The Morgan fingerprint density at radius 2 is 1.83 bits per heavy atom. The van der Waals surface area contributed by atoms with E-state index in [1.165, 1.54) is 0 Å². The van der Waals surface area contributed by atoms with E-state index in [2.05, 4.69) is 16.9 Å². The maximum Gasteiger partial charge on any atom is 0.321 e. The van der Waals surface area contributed by atoms with E-state index in [4.69, 9.17) is 5.11 Å². The Kier molecular flexibility index (Phi) is 10.1. The Labute approximate surface area is 111 Å². The van der Waals surface area contributed by atoms with Crippen LogP contribution in [0.4, 0.5) is 4.79 Å². The molecule has 6 nitrogen and oxygen atoms in total. The van der Waals surface area contributed by atoms with Crippen molar-refractivity contribution in [2.24, 2.45) is 0 Å². The molecule has 0 aliphatic rings. The molecular weight excluding hydrogens is 256 g/mol. The van der Waals surface area contributed by atoms with Crippen molar-refractivity contribution in [1.82, 2.24) is 10.6 Å². The van der Waals surface area contributed by atoms with Gasteiger partial charge >= 0.3 is 12.0 Å². The van der Waals surface area contributed by atoms with Crippen molar-refractivity contribution in [3.05, 3.63) is 0 Å². The van der Waals surface area contributed by atoms with E-state index in [9.17, 15) is 14.4 Å². The fraction of sp³-hybridized carbons (Fsp3) is 0.727. The number of hydrogen-bond donors (Lipinski definition) is 3. The van der Waals surface area contributed by atoms with E-state index >= 15 is 0 Å². The molecule has 0 rings (SSSR count). The van der Waals surface area contributed by atoms with Crippen LogP contribution in [-0.2, 0) is 9.59 Å². The molecule has 0 aromatic rings. The number of carbonyl (C=O) groups is 3. The standard InChI is InChI=1S/C11H20N2O4S/c1-18-8-4-2-3-7-12-11(17)13-9(14)5-6-10(15)16/h2-8H2,1H3,(H,15,16)(H2,12,13,14,17). The molecule has 18 heavy (non-hydrogen) atoms. The van der Waals surface area contributed by atoms with Crippen LogP contribution in [0, 0.1) is 0 Å². The van der Waals surface area contributed by atoms with E-state index in [1.54, 1.807) is 11.8 Å². The number of rotatable bonds is 9. The van der Waals surface area contributed by atoms with Gasteiger partial charge in [0.15, 0.2) is 0 Å². The molecule has 0 heterocycles. The van der Waals surface area contributed by atoms with Crippen LogP contribution in [0.1, 0.15) is 32.1 Å². The van der Waals surface area contributed by atoms with E-state index in [0.717, 1.165) is 25.0 Å². The second-order valence-electron chi connectivity index (χ2n) is 3.75. The Morgan fingerprint density at radius 1 is 1.11 bits per heavy atom. The first-order chi connectivity index (χ1) is 8.56. The number of carboxylic acid groups (broad SMARTS) is 1. The van der Waals surface area contributed by atoms with Crippen molar-refractivity contribution >= 4 is 29.7 Å². The van der Waals surface area contributed by atoms with Gasteiger partial charge in [-0.05, 0) is 24.9 Å². The van der Waals surface area contributed by atoms with Crippen molar-refractivity contribution in [3.8, 4) is 0 Å². The summed E-state index contributed by atoms with van der Waals surface area (Å²) in [5.41, 5.74) is 0. The van der Waals surface area contributed by atoms with E-state index in [1.807, 2.05) is 0 Å². The summed E-state index contributed by atoms with van der Waals surface area (Å²) in [4.78, 5) is 32.5. The Morgan fingerprint density at radius 3 is 2.44 bits per heavy atom. The number of unbranched alkanes of at least 4 members (excludes halogenated alkanes) is 2. The van der Waals surface area contributed by atoms with E-state index in [-0.39, 0.29) is 12.8 Å². The van der Waals surface area contributed by atoms with Crippen LogP contribution in [0.3, 0.4) is 0 Å². The highest BCUT2D eigenvalue weighted by molar-refractivity contribution is 7.98. The minimum Gasteiger partial charge on any atom is -0.481 e. The third kappa shape index (κ3) is 11.3. The first kappa shape index (κ1) is 16.8. The second kappa shape index (κ2) is 10.9. The summed E-state index contributed by atoms with van der Waals surface area (Å²) in [6.45, 7) is 0.520. The van der Waals surface area contributed by atoms with Crippen molar-refractivity contribution in [2.45, 2.75) is 32.1 Å². The molecule has 0 bridgehead atoms.